The van der Waals surface area contributed by atoms with Crippen molar-refractivity contribution in [2.45, 2.75) is 38.6 Å². The lowest BCUT2D eigenvalue weighted by Crippen LogP contribution is -2.39. The van der Waals surface area contributed by atoms with Crippen LogP contribution in [0.15, 0.2) is 36.8 Å². The molecular formula is C17H22N4O. The highest BCUT2D eigenvalue weighted by atomic mass is 16.2. The minimum Gasteiger partial charge on any atom is -0.337 e. The second-order valence-electron chi connectivity index (χ2n) is 5.82. The Balaban J connectivity index is 1.59. The van der Waals surface area contributed by atoms with Gasteiger partial charge < -0.3 is 4.90 Å². The number of pyridine rings is 1. The van der Waals surface area contributed by atoms with Crippen molar-refractivity contribution in [2.75, 3.05) is 13.1 Å². The van der Waals surface area contributed by atoms with Crippen molar-refractivity contribution in [2.24, 2.45) is 0 Å². The van der Waals surface area contributed by atoms with Gasteiger partial charge in [0.2, 0.25) is 0 Å². The Labute approximate surface area is 131 Å². The molecule has 1 amide bonds. The summed E-state index contributed by atoms with van der Waals surface area (Å²) in [5, 5.41) is 4.49. The van der Waals surface area contributed by atoms with Crippen LogP contribution in [0.2, 0.25) is 0 Å². The molecule has 0 bridgehead atoms. The summed E-state index contributed by atoms with van der Waals surface area (Å²) in [6.07, 6.45) is 9.91. The fourth-order valence-electron chi connectivity index (χ4n) is 2.98. The molecule has 1 fully saturated rings. The Kier molecular flexibility index (Phi) is 4.51. The molecule has 3 heterocycles. The lowest BCUT2D eigenvalue weighted by molar-refractivity contribution is 0.0684. The van der Waals surface area contributed by atoms with E-state index in [0.717, 1.165) is 38.8 Å². The van der Waals surface area contributed by atoms with E-state index in [1.165, 1.54) is 5.56 Å². The largest absolute Gasteiger partial charge is 0.337 e. The van der Waals surface area contributed by atoms with Crippen molar-refractivity contribution < 1.29 is 4.79 Å². The Bertz CT molecular complexity index is 615. The zero-order valence-corrected chi connectivity index (χ0v) is 13.0. The van der Waals surface area contributed by atoms with Crippen LogP contribution in [0.1, 0.15) is 48.3 Å². The predicted molar refractivity (Wildman–Crippen MR) is 84.6 cm³/mol. The molecule has 1 saturated heterocycles. The number of carbonyl (C=O) groups is 1. The smallest absolute Gasteiger partial charge is 0.272 e. The normalized spacial score (nSPS) is 16.0. The molecule has 2 aromatic heterocycles. The van der Waals surface area contributed by atoms with Crippen molar-refractivity contribution in [3.8, 4) is 0 Å². The number of piperidine rings is 1. The van der Waals surface area contributed by atoms with Crippen molar-refractivity contribution in [3.63, 3.8) is 0 Å². The van der Waals surface area contributed by atoms with Gasteiger partial charge in [0, 0.05) is 25.5 Å². The van der Waals surface area contributed by atoms with Crippen LogP contribution >= 0.6 is 0 Å². The van der Waals surface area contributed by atoms with Crippen LogP contribution in [0.25, 0.3) is 0 Å². The van der Waals surface area contributed by atoms with Gasteiger partial charge in [0.25, 0.3) is 5.91 Å². The number of amides is 1. The van der Waals surface area contributed by atoms with Crippen molar-refractivity contribution >= 4 is 5.91 Å². The zero-order chi connectivity index (χ0) is 15.4. The third-order valence-corrected chi connectivity index (χ3v) is 4.20. The van der Waals surface area contributed by atoms with Crippen LogP contribution in [-0.2, 0) is 6.42 Å². The van der Waals surface area contributed by atoms with Gasteiger partial charge in [0.15, 0.2) is 0 Å². The lowest BCUT2D eigenvalue weighted by atomic mass is 10.0. The van der Waals surface area contributed by atoms with E-state index in [0.29, 0.717) is 11.7 Å². The minimum absolute atomic E-state index is 0.0335. The van der Waals surface area contributed by atoms with Gasteiger partial charge in [-0.25, -0.2) is 0 Å². The van der Waals surface area contributed by atoms with E-state index in [9.17, 15) is 4.79 Å². The molecule has 1 aliphatic rings. The van der Waals surface area contributed by atoms with E-state index in [1.54, 1.807) is 12.3 Å². The van der Waals surface area contributed by atoms with Crippen LogP contribution in [0.5, 0.6) is 0 Å². The van der Waals surface area contributed by atoms with Gasteiger partial charge in [-0.1, -0.05) is 19.4 Å². The van der Waals surface area contributed by atoms with Gasteiger partial charge in [0.05, 0.1) is 12.2 Å². The van der Waals surface area contributed by atoms with Crippen LogP contribution in [0, 0.1) is 0 Å². The molecular weight excluding hydrogens is 276 g/mol. The van der Waals surface area contributed by atoms with E-state index in [-0.39, 0.29) is 5.91 Å². The maximum absolute atomic E-state index is 12.4. The van der Waals surface area contributed by atoms with Crippen LogP contribution < -0.4 is 0 Å². The second-order valence-corrected chi connectivity index (χ2v) is 5.82. The van der Waals surface area contributed by atoms with Gasteiger partial charge in [0.1, 0.15) is 5.69 Å². The Morgan fingerprint density at radius 3 is 2.82 bits per heavy atom. The standard InChI is InChI=1S/C17H22N4O/c1-2-5-14-12-19-21(13-14)15-7-10-20(11-8-15)17(22)16-6-3-4-9-18-16/h3-4,6,9,12-13,15H,2,5,7-8,10-11H2,1H3. The van der Waals surface area contributed by atoms with Crippen molar-refractivity contribution in [1.82, 2.24) is 19.7 Å². The number of rotatable bonds is 4. The number of carbonyl (C=O) groups excluding carboxylic acids is 1. The maximum atomic E-state index is 12.4. The summed E-state index contributed by atoms with van der Waals surface area (Å²) in [7, 11) is 0. The second kappa shape index (κ2) is 6.73. The molecule has 3 rings (SSSR count). The number of hydrogen-bond acceptors (Lipinski definition) is 3. The highest BCUT2D eigenvalue weighted by Gasteiger charge is 2.25. The fourth-order valence-corrected chi connectivity index (χ4v) is 2.98. The molecule has 5 heteroatoms. The summed E-state index contributed by atoms with van der Waals surface area (Å²) < 4.78 is 2.08. The predicted octanol–water partition coefficient (Wildman–Crippen LogP) is 2.71. The molecule has 0 atom stereocenters. The zero-order valence-electron chi connectivity index (χ0n) is 13.0. The van der Waals surface area contributed by atoms with Crippen molar-refractivity contribution in [3.05, 3.63) is 48.0 Å². The monoisotopic (exact) mass is 298 g/mol. The van der Waals surface area contributed by atoms with Gasteiger partial charge >= 0.3 is 0 Å². The third kappa shape index (κ3) is 3.18. The SMILES string of the molecule is CCCc1cnn(C2CCN(C(=O)c3ccccn3)CC2)c1. The topological polar surface area (TPSA) is 51.0 Å². The third-order valence-electron chi connectivity index (χ3n) is 4.20. The Hall–Kier alpha value is -2.17. The number of aromatic nitrogens is 3. The first kappa shape index (κ1) is 14.8. The number of likely N-dealkylation sites (tertiary alicyclic amines) is 1. The average Bonchev–Trinajstić information content (AvgIpc) is 3.04. The molecule has 0 aromatic carbocycles. The summed E-state index contributed by atoms with van der Waals surface area (Å²) in [6, 6.07) is 5.86. The Morgan fingerprint density at radius 2 is 2.14 bits per heavy atom. The molecule has 0 aliphatic carbocycles. The molecule has 0 saturated carbocycles. The highest BCUT2D eigenvalue weighted by Crippen LogP contribution is 2.23. The molecule has 1 aliphatic heterocycles. The number of hydrogen-bond donors (Lipinski definition) is 0. The Morgan fingerprint density at radius 1 is 1.32 bits per heavy atom. The molecule has 116 valence electrons. The summed E-state index contributed by atoms with van der Waals surface area (Å²) in [4.78, 5) is 18.4. The quantitative estimate of drug-likeness (QED) is 0.872. The van der Waals surface area contributed by atoms with Gasteiger partial charge in [-0.3, -0.25) is 14.5 Å². The van der Waals surface area contributed by atoms with E-state index >= 15 is 0 Å². The van der Waals surface area contributed by atoms with Gasteiger partial charge in [-0.15, -0.1) is 0 Å². The van der Waals surface area contributed by atoms with E-state index in [4.69, 9.17) is 0 Å². The lowest BCUT2D eigenvalue weighted by Gasteiger charge is -2.31. The summed E-state index contributed by atoms with van der Waals surface area (Å²) >= 11 is 0. The molecule has 0 radical (unpaired) electrons. The summed E-state index contributed by atoms with van der Waals surface area (Å²) in [6.45, 7) is 3.71. The van der Waals surface area contributed by atoms with Gasteiger partial charge in [-0.2, -0.15) is 5.10 Å². The first-order valence-corrected chi connectivity index (χ1v) is 8.01. The maximum Gasteiger partial charge on any atom is 0.272 e. The first-order chi connectivity index (χ1) is 10.8. The highest BCUT2D eigenvalue weighted by molar-refractivity contribution is 5.92. The fraction of sp³-hybridized carbons (Fsp3) is 0.471. The van der Waals surface area contributed by atoms with Crippen molar-refractivity contribution in [1.29, 1.82) is 0 Å². The van der Waals surface area contributed by atoms with Crippen LogP contribution in [-0.4, -0.2) is 38.7 Å². The molecule has 0 unspecified atom stereocenters. The molecule has 5 nitrogen and oxygen atoms in total. The number of nitrogens with zero attached hydrogens (tertiary/aromatic N) is 4. The van der Waals surface area contributed by atoms with Gasteiger partial charge in [-0.05, 0) is 37.0 Å². The van der Waals surface area contributed by atoms with Crippen LogP contribution in [0.3, 0.4) is 0 Å². The first-order valence-electron chi connectivity index (χ1n) is 8.01. The summed E-state index contributed by atoms with van der Waals surface area (Å²) in [5.74, 6) is 0.0335. The van der Waals surface area contributed by atoms with Crippen LogP contribution in [0.4, 0.5) is 0 Å². The summed E-state index contributed by atoms with van der Waals surface area (Å²) in [5.41, 5.74) is 1.83. The number of aryl methyl sites for hydroxylation is 1. The van der Waals surface area contributed by atoms with E-state index in [2.05, 4.69) is 27.9 Å². The molecule has 22 heavy (non-hydrogen) atoms. The molecule has 0 N–H and O–H groups in total. The minimum atomic E-state index is 0.0335. The molecule has 2 aromatic rings. The molecule has 0 spiro atoms. The van der Waals surface area contributed by atoms with E-state index < -0.39 is 0 Å². The van der Waals surface area contributed by atoms with E-state index in [1.807, 2.05) is 23.2 Å². The average molecular weight is 298 g/mol.